The van der Waals surface area contributed by atoms with Crippen molar-refractivity contribution in [1.29, 1.82) is 0 Å². The summed E-state index contributed by atoms with van der Waals surface area (Å²) >= 11 is 0. The first-order valence-electron chi connectivity index (χ1n) is 14.2. The molecule has 0 saturated carbocycles. The van der Waals surface area contributed by atoms with Crippen molar-refractivity contribution in [2.75, 3.05) is 0 Å². The molecular formula is C40H28O. The molecule has 0 spiro atoms. The fourth-order valence-electron chi connectivity index (χ4n) is 6.42. The SMILES string of the molecule is Cc1ccc2c(-c3ccc4oc5ccccc5c4c3)c3cc(C)ccc3c(-c3ccc(-c4ccccc4)cc3)c2c1. The molecule has 8 rings (SSSR count). The van der Waals surface area contributed by atoms with Crippen molar-refractivity contribution < 1.29 is 4.42 Å². The fraction of sp³-hybridized carbons (Fsp3) is 0.0500. The highest BCUT2D eigenvalue weighted by atomic mass is 16.3. The lowest BCUT2D eigenvalue weighted by Gasteiger charge is -2.19. The first kappa shape index (κ1) is 23.7. The topological polar surface area (TPSA) is 13.1 Å². The van der Waals surface area contributed by atoms with Gasteiger partial charge < -0.3 is 4.42 Å². The van der Waals surface area contributed by atoms with Crippen LogP contribution in [0.4, 0.5) is 0 Å². The van der Waals surface area contributed by atoms with Crippen molar-refractivity contribution in [2.24, 2.45) is 0 Å². The van der Waals surface area contributed by atoms with Crippen LogP contribution in [0.3, 0.4) is 0 Å². The first-order valence-corrected chi connectivity index (χ1v) is 14.2. The third-order valence-corrected chi connectivity index (χ3v) is 8.37. The highest BCUT2D eigenvalue weighted by Crippen LogP contribution is 2.45. The van der Waals surface area contributed by atoms with Crippen LogP contribution in [0.2, 0.25) is 0 Å². The molecule has 0 fully saturated rings. The second-order valence-electron chi connectivity index (χ2n) is 11.1. The van der Waals surface area contributed by atoms with Gasteiger partial charge in [0.15, 0.2) is 0 Å². The Kier molecular flexibility index (Phi) is 5.33. The Morgan fingerprint density at radius 3 is 1.59 bits per heavy atom. The lowest BCUT2D eigenvalue weighted by Crippen LogP contribution is -1.92. The van der Waals surface area contributed by atoms with E-state index in [2.05, 4.69) is 135 Å². The van der Waals surface area contributed by atoms with Crippen LogP contribution in [0.15, 0.2) is 138 Å². The largest absolute Gasteiger partial charge is 0.456 e. The summed E-state index contributed by atoms with van der Waals surface area (Å²) in [5.74, 6) is 0. The minimum atomic E-state index is 0.922. The van der Waals surface area contributed by atoms with E-state index in [9.17, 15) is 0 Å². The van der Waals surface area contributed by atoms with Crippen LogP contribution in [-0.4, -0.2) is 0 Å². The van der Waals surface area contributed by atoms with Crippen LogP contribution in [0.5, 0.6) is 0 Å². The maximum Gasteiger partial charge on any atom is 0.135 e. The van der Waals surface area contributed by atoms with E-state index in [1.54, 1.807) is 0 Å². The smallest absolute Gasteiger partial charge is 0.135 e. The molecule has 0 aliphatic rings. The van der Waals surface area contributed by atoms with Crippen molar-refractivity contribution in [2.45, 2.75) is 13.8 Å². The van der Waals surface area contributed by atoms with Gasteiger partial charge >= 0.3 is 0 Å². The van der Waals surface area contributed by atoms with E-state index in [0.717, 1.165) is 21.9 Å². The number of aryl methyl sites for hydroxylation is 2. The number of benzene rings is 7. The molecule has 0 amide bonds. The molecule has 8 aromatic rings. The zero-order valence-corrected chi connectivity index (χ0v) is 23.1. The van der Waals surface area contributed by atoms with Crippen LogP contribution in [0.25, 0.3) is 76.9 Å². The Hall–Kier alpha value is -5.14. The van der Waals surface area contributed by atoms with E-state index in [-0.39, 0.29) is 0 Å². The average molecular weight is 525 g/mol. The first-order chi connectivity index (χ1) is 20.1. The second-order valence-corrected chi connectivity index (χ2v) is 11.1. The monoisotopic (exact) mass is 524 g/mol. The van der Waals surface area contributed by atoms with Gasteiger partial charge in [-0.15, -0.1) is 0 Å². The average Bonchev–Trinajstić information content (AvgIpc) is 3.38. The Labute approximate surface area is 239 Å². The Morgan fingerprint density at radius 2 is 0.878 bits per heavy atom. The number of hydrogen-bond acceptors (Lipinski definition) is 1. The zero-order chi connectivity index (χ0) is 27.5. The molecular weight excluding hydrogens is 496 g/mol. The van der Waals surface area contributed by atoms with Gasteiger partial charge in [-0.05, 0) is 87.0 Å². The Morgan fingerprint density at radius 1 is 0.341 bits per heavy atom. The van der Waals surface area contributed by atoms with E-state index >= 15 is 0 Å². The molecule has 0 bridgehead atoms. The van der Waals surface area contributed by atoms with E-state index in [0.29, 0.717) is 0 Å². The van der Waals surface area contributed by atoms with E-state index in [1.165, 1.54) is 66.1 Å². The van der Waals surface area contributed by atoms with Gasteiger partial charge in [-0.1, -0.05) is 126 Å². The van der Waals surface area contributed by atoms with E-state index in [4.69, 9.17) is 4.42 Å². The number of hydrogen-bond donors (Lipinski definition) is 0. The van der Waals surface area contributed by atoms with Gasteiger partial charge in [0.25, 0.3) is 0 Å². The summed E-state index contributed by atoms with van der Waals surface area (Å²) in [6, 6.07) is 48.4. The number of furan rings is 1. The fourth-order valence-corrected chi connectivity index (χ4v) is 6.42. The van der Waals surface area contributed by atoms with Gasteiger partial charge in [-0.2, -0.15) is 0 Å². The van der Waals surface area contributed by atoms with Gasteiger partial charge in [0, 0.05) is 10.8 Å². The van der Waals surface area contributed by atoms with Crippen LogP contribution in [0.1, 0.15) is 11.1 Å². The third kappa shape index (κ3) is 3.85. The maximum absolute atomic E-state index is 6.17. The summed E-state index contributed by atoms with van der Waals surface area (Å²) < 4.78 is 6.17. The molecule has 0 atom stereocenters. The number of rotatable bonds is 3. The summed E-state index contributed by atoms with van der Waals surface area (Å²) in [7, 11) is 0. The molecule has 194 valence electrons. The van der Waals surface area contributed by atoms with Gasteiger partial charge in [-0.25, -0.2) is 0 Å². The van der Waals surface area contributed by atoms with Crippen LogP contribution in [0, 0.1) is 13.8 Å². The Balaban J connectivity index is 1.43. The van der Waals surface area contributed by atoms with Crippen LogP contribution >= 0.6 is 0 Å². The van der Waals surface area contributed by atoms with Crippen LogP contribution in [-0.2, 0) is 0 Å². The molecule has 41 heavy (non-hydrogen) atoms. The molecule has 1 aromatic heterocycles. The van der Waals surface area contributed by atoms with Crippen molar-refractivity contribution in [3.8, 4) is 33.4 Å². The van der Waals surface area contributed by atoms with Gasteiger partial charge in [-0.3, -0.25) is 0 Å². The molecule has 1 nitrogen and oxygen atoms in total. The molecule has 0 saturated heterocycles. The van der Waals surface area contributed by atoms with E-state index < -0.39 is 0 Å². The predicted molar refractivity (Wildman–Crippen MR) is 175 cm³/mol. The zero-order valence-electron chi connectivity index (χ0n) is 23.1. The molecule has 1 heterocycles. The highest BCUT2D eigenvalue weighted by Gasteiger charge is 2.18. The molecule has 0 aliphatic carbocycles. The normalized spacial score (nSPS) is 11.7. The van der Waals surface area contributed by atoms with Crippen LogP contribution < -0.4 is 0 Å². The van der Waals surface area contributed by atoms with Crippen molar-refractivity contribution in [3.63, 3.8) is 0 Å². The minimum absolute atomic E-state index is 0.922. The summed E-state index contributed by atoms with van der Waals surface area (Å²) in [5, 5.41) is 7.40. The maximum atomic E-state index is 6.17. The van der Waals surface area contributed by atoms with Gasteiger partial charge in [0.1, 0.15) is 11.2 Å². The summed E-state index contributed by atoms with van der Waals surface area (Å²) in [5.41, 5.74) is 11.8. The predicted octanol–water partition coefficient (Wildman–Crippen LogP) is 11.5. The number of para-hydroxylation sites is 1. The molecule has 0 N–H and O–H groups in total. The number of fused-ring (bicyclic) bond motifs is 5. The standard InChI is InChI=1S/C40H28O/c1-25-13-20-33-35(22-25)39(29-16-14-28(15-17-29)27-8-4-3-5-9-27)32-19-12-26(2)23-36(32)40(33)30-18-21-38-34(24-30)31-10-6-7-11-37(31)41-38/h3-24H,1-2H3. The lowest BCUT2D eigenvalue weighted by atomic mass is 9.84. The second kappa shape index (κ2) is 9.21. The Bertz CT molecular complexity index is 2250. The molecule has 1 heteroatoms. The summed E-state index contributed by atoms with van der Waals surface area (Å²) in [6.07, 6.45) is 0. The molecule has 0 radical (unpaired) electrons. The molecule has 0 unspecified atom stereocenters. The quantitative estimate of drug-likeness (QED) is 0.210. The highest BCUT2D eigenvalue weighted by molar-refractivity contribution is 6.22. The van der Waals surface area contributed by atoms with Gasteiger partial charge in [0.2, 0.25) is 0 Å². The summed E-state index contributed by atoms with van der Waals surface area (Å²) in [6.45, 7) is 4.37. The minimum Gasteiger partial charge on any atom is -0.456 e. The molecule has 0 aliphatic heterocycles. The third-order valence-electron chi connectivity index (χ3n) is 8.37. The van der Waals surface area contributed by atoms with Crippen molar-refractivity contribution in [1.82, 2.24) is 0 Å². The molecule has 7 aromatic carbocycles. The lowest BCUT2D eigenvalue weighted by molar-refractivity contribution is 0.669. The van der Waals surface area contributed by atoms with E-state index in [1.807, 2.05) is 12.1 Å². The summed E-state index contributed by atoms with van der Waals surface area (Å²) in [4.78, 5) is 0. The van der Waals surface area contributed by atoms with Gasteiger partial charge in [0.05, 0.1) is 0 Å². The van der Waals surface area contributed by atoms with Crippen molar-refractivity contribution >= 4 is 43.5 Å². The van der Waals surface area contributed by atoms with Crippen molar-refractivity contribution in [3.05, 3.63) is 145 Å².